The van der Waals surface area contributed by atoms with Crippen molar-refractivity contribution in [3.8, 4) is 0 Å². The molecular formula is C9H14O5. The van der Waals surface area contributed by atoms with Gasteiger partial charge in [0.1, 0.15) is 11.7 Å². The lowest BCUT2D eigenvalue weighted by Gasteiger charge is -2.31. The maximum atomic E-state index is 11.2. The molecule has 1 heterocycles. The van der Waals surface area contributed by atoms with Gasteiger partial charge in [-0.15, -0.1) is 0 Å². The summed E-state index contributed by atoms with van der Waals surface area (Å²) in [5, 5.41) is 18.9. The van der Waals surface area contributed by atoms with Crippen molar-refractivity contribution in [3.63, 3.8) is 0 Å². The van der Waals surface area contributed by atoms with Crippen LogP contribution in [-0.4, -0.2) is 33.9 Å². The van der Waals surface area contributed by atoms with Gasteiger partial charge in [0.25, 0.3) is 0 Å². The van der Waals surface area contributed by atoms with Crippen molar-refractivity contribution in [2.45, 2.75) is 32.5 Å². The Bertz CT molecular complexity index is 274. The van der Waals surface area contributed by atoms with E-state index in [0.29, 0.717) is 0 Å². The molecule has 1 fully saturated rings. The standard InChI is InChI=1S/C9H14O5/c1-4(7(10)11)9(13)5(2)8(12)14-6(9)3/h4-6,13H,1-3H3,(H,10,11). The molecule has 1 saturated heterocycles. The van der Waals surface area contributed by atoms with Gasteiger partial charge in [0.2, 0.25) is 0 Å². The lowest BCUT2D eigenvalue weighted by Crippen LogP contribution is -2.50. The monoisotopic (exact) mass is 202 g/mol. The van der Waals surface area contributed by atoms with Gasteiger partial charge in [-0.3, -0.25) is 9.59 Å². The zero-order valence-electron chi connectivity index (χ0n) is 8.35. The van der Waals surface area contributed by atoms with Crippen LogP contribution in [0.3, 0.4) is 0 Å². The number of carboxylic acid groups (broad SMARTS) is 1. The molecule has 14 heavy (non-hydrogen) atoms. The molecule has 0 aromatic heterocycles. The number of rotatable bonds is 2. The molecule has 1 aliphatic heterocycles. The summed E-state index contributed by atoms with van der Waals surface area (Å²) in [6.07, 6.45) is -0.781. The summed E-state index contributed by atoms with van der Waals surface area (Å²) in [4.78, 5) is 21.9. The third-order valence-electron chi connectivity index (χ3n) is 3.06. The van der Waals surface area contributed by atoms with E-state index >= 15 is 0 Å². The van der Waals surface area contributed by atoms with E-state index < -0.39 is 35.5 Å². The topological polar surface area (TPSA) is 83.8 Å². The minimum atomic E-state index is -1.61. The number of hydrogen-bond acceptors (Lipinski definition) is 4. The second kappa shape index (κ2) is 3.24. The summed E-state index contributed by atoms with van der Waals surface area (Å²) in [7, 11) is 0. The molecule has 0 saturated carbocycles. The molecule has 0 aromatic carbocycles. The zero-order chi connectivity index (χ0) is 11.1. The smallest absolute Gasteiger partial charge is 0.312 e. The Morgan fingerprint density at radius 1 is 1.57 bits per heavy atom. The molecule has 0 aromatic rings. The molecule has 5 nitrogen and oxygen atoms in total. The number of carbonyl (C=O) groups is 2. The average Bonchev–Trinajstić information content (AvgIpc) is 2.30. The lowest BCUT2D eigenvalue weighted by atomic mass is 9.77. The van der Waals surface area contributed by atoms with Crippen molar-refractivity contribution in [2.75, 3.05) is 0 Å². The molecule has 0 aliphatic carbocycles. The molecule has 80 valence electrons. The fourth-order valence-electron chi connectivity index (χ4n) is 1.84. The molecule has 1 rings (SSSR count). The second-order valence-electron chi connectivity index (χ2n) is 3.75. The molecule has 1 aliphatic rings. The maximum Gasteiger partial charge on any atom is 0.312 e. The highest BCUT2D eigenvalue weighted by Crippen LogP contribution is 2.38. The maximum absolute atomic E-state index is 11.2. The van der Waals surface area contributed by atoms with E-state index in [2.05, 4.69) is 0 Å². The zero-order valence-corrected chi connectivity index (χ0v) is 8.35. The fourth-order valence-corrected chi connectivity index (χ4v) is 1.84. The van der Waals surface area contributed by atoms with E-state index in [1.807, 2.05) is 0 Å². The first kappa shape index (κ1) is 11.0. The largest absolute Gasteiger partial charge is 0.481 e. The summed E-state index contributed by atoms with van der Waals surface area (Å²) in [6.45, 7) is 4.35. The molecule has 5 heteroatoms. The third kappa shape index (κ3) is 1.28. The van der Waals surface area contributed by atoms with E-state index in [4.69, 9.17) is 9.84 Å². The van der Waals surface area contributed by atoms with E-state index in [0.717, 1.165) is 0 Å². The summed E-state index contributed by atoms with van der Waals surface area (Å²) < 4.78 is 4.81. The molecule has 0 amide bonds. The molecule has 4 atom stereocenters. The van der Waals surface area contributed by atoms with Gasteiger partial charge in [-0.2, -0.15) is 0 Å². The van der Waals surface area contributed by atoms with Gasteiger partial charge in [-0.1, -0.05) is 0 Å². The summed E-state index contributed by atoms with van der Waals surface area (Å²) in [5.41, 5.74) is -1.61. The molecule has 2 N–H and O–H groups in total. The van der Waals surface area contributed by atoms with Crippen molar-refractivity contribution < 1.29 is 24.5 Å². The normalized spacial score (nSPS) is 39.3. The van der Waals surface area contributed by atoms with Gasteiger partial charge in [-0.05, 0) is 20.8 Å². The molecular weight excluding hydrogens is 188 g/mol. The highest BCUT2D eigenvalue weighted by molar-refractivity contribution is 5.80. The van der Waals surface area contributed by atoms with Crippen LogP contribution in [0.1, 0.15) is 20.8 Å². The van der Waals surface area contributed by atoms with E-state index in [-0.39, 0.29) is 0 Å². The van der Waals surface area contributed by atoms with Crippen LogP contribution in [0, 0.1) is 11.8 Å². The Labute approximate surface area is 81.7 Å². The predicted octanol–water partition coefficient (Wildman–Crippen LogP) is 0.0196. The minimum Gasteiger partial charge on any atom is -0.481 e. The number of hydrogen-bond donors (Lipinski definition) is 2. The van der Waals surface area contributed by atoms with Crippen molar-refractivity contribution in [2.24, 2.45) is 11.8 Å². The highest BCUT2D eigenvalue weighted by Gasteiger charge is 2.57. The van der Waals surface area contributed by atoms with Crippen molar-refractivity contribution in [3.05, 3.63) is 0 Å². The Kier molecular flexibility index (Phi) is 2.54. The number of aliphatic hydroxyl groups is 1. The fraction of sp³-hybridized carbons (Fsp3) is 0.778. The number of cyclic esters (lactones) is 1. The van der Waals surface area contributed by atoms with Crippen LogP contribution in [0.25, 0.3) is 0 Å². The van der Waals surface area contributed by atoms with Crippen LogP contribution >= 0.6 is 0 Å². The van der Waals surface area contributed by atoms with Crippen LogP contribution in [0.15, 0.2) is 0 Å². The summed E-state index contributed by atoms with van der Waals surface area (Å²) >= 11 is 0. The van der Waals surface area contributed by atoms with Gasteiger partial charge in [0, 0.05) is 0 Å². The van der Waals surface area contributed by atoms with E-state index in [9.17, 15) is 14.7 Å². The second-order valence-corrected chi connectivity index (χ2v) is 3.75. The van der Waals surface area contributed by atoms with Gasteiger partial charge in [0.05, 0.1) is 11.8 Å². The Morgan fingerprint density at radius 2 is 2.07 bits per heavy atom. The number of esters is 1. The predicted molar refractivity (Wildman–Crippen MR) is 46.5 cm³/mol. The van der Waals surface area contributed by atoms with Gasteiger partial charge >= 0.3 is 11.9 Å². The van der Waals surface area contributed by atoms with Crippen molar-refractivity contribution >= 4 is 11.9 Å². The molecule has 0 bridgehead atoms. The number of carbonyl (C=O) groups excluding carboxylic acids is 1. The number of carboxylic acids is 1. The van der Waals surface area contributed by atoms with Crippen molar-refractivity contribution in [1.82, 2.24) is 0 Å². The quantitative estimate of drug-likeness (QED) is 0.617. The van der Waals surface area contributed by atoms with Crippen LogP contribution in [0.2, 0.25) is 0 Å². The van der Waals surface area contributed by atoms with Crippen LogP contribution < -0.4 is 0 Å². The molecule has 0 spiro atoms. The van der Waals surface area contributed by atoms with Gasteiger partial charge in [0.15, 0.2) is 0 Å². The highest BCUT2D eigenvalue weighted by atomic mass is 16.6. The Balaban J connectivity index is 3.03. The van der Waals surface area contributed by atoms with Crippen LogP contribution in [-0.2, 0) is 14.3 Å². The first-order chi connectivity index (χ1) is 6.31. The van der Waals surface area contributed by atoms with Gasteiger partial charge < -0.3 is 14.9 Å². The summed E-state index contributed by atoms with van der Waals surface area (Å²) in [6, 6.07) is 0. The summed E-state index contributed by atoms with van der Waals surface area (Å²) in [5.74, 6) is -3.51. The van der Waals surface area contributed by atoms with Crippen LogP contribution in [0.5, 0.6) is 0 Å². The Hall–Kier alpha value is -1.10. The van der Waals surface area contributed by atoms with E-state index in [1.165, 1.54) is 20.8 Å². The molecule has 0 radical (unpaired) electrons. The average molecular weight is 202 g/mol. The van der Waals surface area contributed by atoms with Gasteiger partial charge in [-0.25, -0.2) is 0 Å². The third-order valence-corrected chi connectivity index (χ3v) is 3.06. The van der Waals surface area contributed by atoms with E-state index in [1.54, 1.807) is 0 Å². The minimum absolute atomic E-state index is 0.548. The van der Waals surface area contributed by atoms with Crippen molar-refractivity contribution in [1.29, 1.82) is 0 Å². The SMILES string of the molecule is CC1OC(=O)C(C)C1(O)C(C)C(=O)O. The Morgan fingerprint density at radius 3 is 2.36 bits per heavy atom. The number of ether oxygens (including phenoxy) is 1. The molecule has 4 unspecified atom stereocenters. The lowest BCUT2D eigenvalue weighted by molar-refractivity contribution is -0.157. The number of aliphatic carboxylic acids is 1. The van der Waals surface area contributed by atoms with Crippen LogP contribution in [0.4, 0.5) is 0 Å². The first-order valence-electron chi connectivity index (χ1n) is 4.47. The first-order valence-corrected chi connectivity index (χ1v) is 4.47.